The van der Waals surface area contributed by atoms with Crippen molar-refractivity contribution in [2.24, 2.45) is 5.73 Å². The molecule has 8 heteroatoms. The number of nitrogens with two attached hydrogens (primary N) is 1. The molecule has 4 N–H and O–H groups in total. The third-order valence-corrected chi connectivity index (χ3v) is 6.09. The van der Waals surface area contributed by atoms with Gasteiger partial charge < -0.3 is 21.3 Å². The van der Waals surface area contributed by atoms with E-state index in [0.717, 1.165) is 41.8 Å². The topological polar surface area (TPSA) is 87.5 Å². The summed E-state index contributed by atoms with van der Waals surface area (Å²) >= 11 is 0. The predicted molar refractivity (Wildman–Crippen MR) is 133 cm³/mol. The van der Waals surface area contributed by atoms with Crippen LogP contribution < -0.4 is 21.3 Å². The summed E-state index contributed by atoms with van der Waals surface area (Å²) in [5.41, 5.74) is 9.30. The van der Waals surface area contributed by atoms with Crippen molar-refractivity contribution in [1.82, 2.24) is 0 Å². The van der Waals surface area contributed by atoms with E-state index in [9.17, 15) is 18.4 Å². The van der Waals surface area contributed by atoms with Crippen LogP contribution in [-0.2, 0) is 16.1 Å². The van der Waals surface area contributed by atoms with Crippen molar-refractivity contribution in [3.05, 3.63) is 89.0 Å². The highest BCUT2D eigenvalue weighted by molar-refractivity contribution is 5.98. The lowest BCUT2D eigenvalue weighted by atomic mass is 10.0. The zero-order valence-electron chi connectivity index (χ0n) is 19.5. The van der Waals surface area contributed by atoms with Gasteiger partial charge in [0, 0.05) is 48.2 Å². The Kier molecular flexibility index (Phi) is 7.41. The number of halogens is 2. The molecule has 3 aromatic carbocycles. The minimum absolute atomic E-state index is 0.00862. The number of nitrogens with zero attached hydrogens (tertiary/aromatic N) is 1. The van der Waals surface area contributed by atoms with Gasteiger partial charge in [-0.2, -0.15) is 0 Å². The Hall–Kier alpha value is -3.78. The van der Waals surface area contributed by atoms with Gasteiger partial charge in [-0.1, -0.05) is 18.2 Å². The summed E-state index contributed by atoms with van der Waals surface area (Å²) in [6.45, 7) is 2.85. The zero-order chi connectivity index (χ0) is 24.9. The normalized spacial score (nSPS) is 14.5. The van der Waals surface area contributed by atoms with Crippen LogP contribution in [0.3, 0.4) is 0 Å². The molecule has 0 aromatic heterocycles. The number of amides is 2. The number of carbonyl (C=O) groups excluding carboxylic acids is 2. The molecule has 4 rings (SSSR count). The molecule has 0 saturated carbocycles. The van der Waals surface area contributed by atoms with E-state index in [4.69, 9.17) is 5.73 Å². The second-order valence-corrected chi connectivity index (χ2v) is 8.64. The first kappa shape index (κ1) is 24.3. The molecule has 1 heterocycles. The quantitative estimate of drug-likeness (QED) is 0.444. The Labute approximate surface area is 203 Å². The molecule has 0 bridgehead atoms. The Morgan fingerprint density at radius 1 is 1.06 bits per heavy atom. The Morgan fingerprint density at radius 2 is 1.89 bits per heavy atom. The summed E-state index contributed by atoms with van der Waals surface area (Å²) in [5.74, 6) is -1.99. The minimum atomic E-state index is -1.13. The maximum absolute atomic E-state index is 14.7. The standard InChI is InChI=1S/C27H28F2N4O2/c1-17-13-21(9-11-24(17)33-12-3-2-7-25(33)34)32-27(35)26(22-10-8-19(28)15-23(22)29)31-20-6-4-5-18(14-20)16-30/h4-6,8-11,13-15,26,31H,2-3,7,12,16,30H2,1H3,(H,32,35). The highest BCUT2D eigenvalue weighted by Gasteiger charge is 2.25. The number of benzene rings is 3. The van der Waals surface area contributed by atoms with Gasteiger partial charge >= 0.3 is 0 Å². The molecule has 1 unspecified atom stereocenters. The fraction of sp³-hybridized carbons (Fsp3) is 0.259. The zero-order valence-corrected chi connectivity index (χ0v) is 19.5. The molecule has 0 aliphatic carbocycles. The van der Waals surface area contributed by atoms with E-state index in [2.05, 4.69) is 10.6 Å². The molecule has 0 spiro atoms. The van der Waals surface area contributed by atoms with Crippen LogP contribution in [0, 0.1) is 18.6 Å². The fourth-order valence-electron chi connectivity index (χ4n) is 4.29. The summed E-state index contributed by atoms with van der Waals surface area (Å²) in [4.78, 5) is 27.4. The molecule has 1 atom stereocenters. The van der Waals surface area contributed by atoms with Crippen LogP contribution >= 0.6 is 0 Å². The monoisotopic (exact) mass is 478 g/mol. The minimum Gasteiger partial charge on any atom is -0.370 e. The molecule has 3 aromatic rings. The average molecular weight is 479 g/mol. The highest BCUT2D eigenvalue weighted by Crippen LogP contribution is 2.29. The number of rotatable bonds is 7. The van der Waals surface area contributed by atoms with E-state index >= 15 is 0 Å². The molecular weight excluding hydrogens is 450 g/mol. The molecular formula is C27H28F2N4O2. The van der Waals surface area contributed by atoms with Gasteiger partial charge in [0.15, 0.2) is 0 Å². The van der Waals surface area contributed by atoms with Gasteiger partial charge in [-0.25, -0.2) is 8.78 Å². The summed E-state index contributed by atoms with van der Waals surface area (Å²) in [5, 5.41) is 5.87. The van der Waals surface area contributed by atoms with Gasteiger partial charge in [-0.3, -0.25) is 9.59 Å². The number of nitrogens with one attached hydrogen (secondary N) is 2. The average Bonchev–Trinajstić information content (AvgIpc) is 2.84. The second kappa shape index (κ2) is 10.7. The Balaban J connectivity index is 1.60. The van der Waals surface area contributed by atoms with E-state index in [1.807, 2.05) is 13.0 Å². The van der Waals surface area contributed by atoms with Crippen LogP contribution in [0.2, 0.25) is 0 Å². The van der Waals surface area contributed by atoms with Gasteiger partial charge in [-0.15, -0.1) is 0 Å². The number of aryl methyl sites for hydroxylation is 1. The third-order valence-electron chi connectivity index (χ3n) is 6.09. The van der Waals surface area contributed by atoms with Crippen LogP contribution in [0.5, 0.6) is 0 Å². The molecule has 182 valence electrons. The molecule has 35 heavy (non-hydrogen) atoms. The van der Waals surface area contributed by atoms with Crippen molar-refractivity contribution in [2.75, 3.05) is 22.1 Å². The summed E-state index contributed by atoms with van der Waals surface area (Å²) in [6, 6.07) is 14.4. The first-order valence-corrected chi connectivity index (χ1v) is 11.6. The lowest BCUT2D eigenvalue weighted by Crippen LogP contribution is -2.35. The largest absolute Gasteiger partial charge is 0.370 e. The van der Waals surface area contributed by atoms with Crippen molar-refractivity contribution in [1.29, 1.82) is 0 Å². The lowest BCUT2D eigenvalue weighted by Gasteiger charge is -2.28. The first-order chi connectivity index (χ1) is 16.9. The summed E-state index contributed by atoms with van der Waals surface area (Å²) in [7, 11) is 0. The first-order valence-electron chi connectivity index (χ1n) is 11.6. The predicted octanol–water partition coefficient (Wildman–Crippen LogP) is 5.04. The number of piperidine rings is 1. The van der Waals surface area contributed by atoms with Gasteiger partial charge in [0.2, 0.25) is 5.91 Å². The van der Waals surface area contributed by atoms with Crippen LogP contribution in [-0.4, -0.2) is 18.4 Å². The molecule has 2 amide bonds. The molecule has 0 radical (unpaired) electrons. The van der Waals surface area contributed by atoms with Crippen LogP contribution in [0.25, 0.3) is 0 Å². The number of anilines is 3. The number of carbonyl (C=O) groups is 2. The van der Waals surface area contributed by atoms with Gasteiger partial charge in [-0.05, 0) is 67.3 Å². The summed E-state index contributed by atoms with van der Waals surface area (Å²) < 4.78 is 28.2. The van der Waals surface area contributed by atoms with Crippen molar-refractivity contribution in [3.63, 3.8) is 0 Å². The van der Waals surface area contributed by atoms with E-state index < -0.39 is 23.6 Å². The van der Waals surface area contributed by atoms with Gasteiger partial charge in [0.25, 0.3) is 5.91 Å². The number of hydrogen-bond acceptors (Lipinski definition) is 4. The van der Waals surface area contributed by atoms with E-state index in [1.54, 1.807) is 41.3 Å². The highest BCUT2D eigenvalue weighted by atomic mass is 19.1. The Morgan fingerprint density at radius 3 is 2.60 bits per heavy atom. The molecule has 6 nitrogen and oxygen atoms in total. The Bertz CT molecular complexity index is 1250. The van der Waals surface area contributed by atoms with Crippen molar-refractivity contribution < 1.29 is 18.4 Å². The maximum Gasteiger partial charge on any atom is 0.251 e. The van der Waals surface area contributed by atoms with E-state index in [-0.39, 0.29) is 11.5 Å². The van der Waals surface area contributed by atoms with Gasteiger partial charge in [0.1, 0.15) is 17.7 Å². The maximum atomic E-state index is 14.7. The molecule has 1 aliphatic heterocycles. The SMILES string of the molecule is Cc1cc(NC(=O)C(Nc2cccc(CN)c2)c2ccc(F)cc2F)ccc1N1CCCCC1=O. The molecule has 1 aliphatic rings. The van der Waals surface area contributed by atoms with Crippen LogP contribution in [0.1, 0.15) is 42.0 Å². The third kappa shape index (κ3) is 5.66. The van der Waals surface area contributed by atoms with E-state index in [1.165, 1.54) is 6.07 Å². The van der Waals surface area contributed by atoms with Crippen molar-refractivity contribution in [3.8, 4) is 0 Å². The van der Waals surface area contributed by atoms with Crippen molar-refractivity contribution in [2.45, 2.75) is 38.8 Å². The molecule has 1 saturated heterocycles. The lowest BCUT2D eigenvalue weighted by molar-refractivity contribution is -0.119. The van der Waals surface area contributed by atoms with Gasteiger partial charge in [0.05, 0.1) is 0 Å². The van der Waals surface area contributed by atoms with Crippen LogP contribution in [0.4, 0.5) is 25.8 Å². The number of hydrogen-bond donors (Lipinski definition) is 3. The summed E-state index contributed by atoms with van der Waals surface area (Å²) in [6.07, 6.45) is 2.37. The fourth-order valence-corrected chi connectivity index (χ4v) is 4.29. The molecule has 1 fully saturated rings. The van der Waals surface area contributed by atoms with Crippen molar-refractivity contribution >= 4 is 28.9 Å². The van der Waals surface area contributed by atoms with Crippen LogP contribution in [0.15, 0.2) is 60.7 Å². The second-order valence-electron chi connectivity index (χ2n) is 8.64. The smallest absolute Gasteiger partial charge is 0.251 e. The van der Waals surface area contributed by atoms with E-state index in [0.29, 0.717) is 30.9 Å².